The molecule has 0 spiro atoms. The van der Waals surface area contributed by atoms with Gasteiger partial charge >= 0.3 is 0 Å². The van der Waals surface area contributed by atoms with E-state index in [2.05, 4.69) is 4.98 Å². The Morgan fingerprint density at radius 1 is 1.62 bits per heavy atom. The quantitative estimate of drug-likeness (QED) is 0.743. The Labute approximate surface area is 95.8 Å². The van der Waals surface area contributed by atoms with E-state index in [1.807, 2.05) is 6.92 Å². The molecule has 4 nitrogen and oxygen atoms in total. The summed E-state index contributed by atoms with van der Waals surface area (Å²) in [5.74, 6) is 0.744. The van der Waals surface area contributed by atoms with Gasteiger partial charge in [-0.1, -0.05) is 13.3 Å². The van der Waals surface area contributed by atoms with Crippen molar-refractivity contribution in [3.8, 4) is 5.75 Å². The molecule has 0 saturated heterocycles. The summed E-state index contributed by atoms with van der Waals surface area (Å²) in [5.41, 5.74) is 5.98. The van der Waals surface area contributed by atoms with E-state index in [4.69, 9.17) is 10.5 Å². The van der Waals surface area contributed by atoms with E-state index >= 15 is 0 Å². The van der Waals surface area contributed by atoms with E-state index in [-0.39, 0.29) is 11.7 Å². The molecule has 0 aliphatic heterocycles. The fraction of sp³-hybridized carbons (Fsp3) is 0.500. The van der Waals surface area contributed by atoms with Crippen LogP contribution in [0.3, 0.4) is 0 Å². The van der Waals surface area contributed by atoms with Crippen LogP contribution < -0.4 is 10.5 Å². The molecular weight excluding hydrogens is 204 g/mol. The number of nitrogens with zero attached hydrogens (tertiary/aromatic N) is 1. The Morgan fingerprint density at radius 2 is 2.38 bits per heavy atom. The molecule has 1 rings (SSSR count). The predicted octanol–water partition coefficient (Wildman–Crippen LogP) is 1.65. The van der Waals surface area contributed by atoms with Crippen LogP contribution in [0.2, 0.25) is 0 Å². The highest BCUT2D eigenvalue weighted by Crippen LogP contribution is 2.19. The van der Waals surface area contributed by atoms with Gasteiger partial charge in [0.2, 0.25) is 0 Å². The van der Waals surface area contributed by atoms with E-state index in [0.717, 1.165) is 6.42 Å². The average Bonchev–Trinajstić information content (AvgIpc) is 2.35. The summed E-state index contributed by atoms with van der Waals surface area (Å²) in [6, 6.07) is 3.49. The molecule has 0 fully saturated rings. The third-order valence-electron chi connectivity index (χ3n) is 2.64. The van der Waals surface area contributed by atoms with Gasteiger partial charge in [-0.3, -0.25) is 4.79 Å². The second kappa shape index (κ2) is 6.23. The number of nitrogens with two attached hydrogens (primary N) is 1. The van der Waals surface area contributed by atoms with Crippen molar-refractivity contribution in [3.63, 3.8) is 0 Å². The summed E-state index contributed by atoms with van der Waals surface area (Å²) < 4.78 is 5.10. The van der Waals surface area contributed by atoms with Gasteiger partial charge < -0.3 is 10.5 Å². The van der Waals surface area contributed by atoms with Crippen molar-refractivity contribution in [1.82, 2.24) is 4.98 Å². The van der Waals surface area contributed by atoms with Gasteiger partial charge in [-0.05, 0) is 24.6 Å². The zero-order chi connectivity index (χ0) is 12.0. The van der Waals surface area contributed by atoms with Crippen LogP contribution in [0.25, 0.3) is 0 Å². The molecule has 0 aliphatic carbocycles. The third-order valence-corrected chi connectivity index (χ3v) is 2.64. The maximum atomic E-state index is 12.0. The highest BCUT2D eigenvalue weighted by molar-refractivity contribution is 5.96. The van der Waals surface area contributed by atoms with Crippen molar-refractivity contribution in [1.29, 1.82) is 0 Å². The molecule has 16 heavy (non-hydrogen) atoms. The monoisotopic (exact) mass is 222 g/mol. The number of ketones is 1. The van der Waals surface area contributed by atoms with Crippen LogP contribution in [0.15, 0.2) is 18.3 Å². The lowest BCUT2D eigenvalue weighted by atomic mass is 9.98. The smallest absolute Gasteiger partial charge is 0.185 e. The van der Waals surface area contributed by atoms with Crippen LogP contribution in [-0.2, 0) is 0 Å². The van der Waals surface area contributed by atoms with Gasteiger partial charge in [0.1, 0.15) is 11.4 Å². The van der Waals surface area contributed by atoms with Crippen molar-refractivity contribution in [2.24, 2.45) is 11.7 Å². The first kappa shape index (κ1) is 12.6. The molecular formula is C12H18N2O2. The Bertz CT molecular complexity index is 349. The van der Waals surface area contributed by atoms with Crippen LogP contribution in [-0.4, -0.2) is 24.4 Å². The van der Waals surface area contributed by atoms with Gasteiger partial charge in [-0.25, -0.2) is 4.98 Å². The summed E-state index contributed by atoms with van der Waals surface area (Å²) in [6.07, 6.45) is 2.93. The first-order valence-electron chi connectivity index (χ1n) is 5.45. The molecule has 0 aromatic carbocycles. The van der Waals surface area contributed by atoms with Gasteiger partial charge in [-0.15, -0.1) is 0 Å². The fourth-order valence-electron chi connectivity index (χ4n) is 1.52. The Hall–Kier alpha value is -1.42. The lowest BCUT2D eigenvalue weighted by Crippen LogP contribution is -2.18. The summed E-state index contributed by atoms with van der Waals surface area (Å²) in [4.78, 5) is 16.0. The third kappa shape index (κ3) is 3.03. The molecule has 1 atom stereocenters. The van der Waals surface area contributed by atoms with Gasteiger partial charge in [0, 0.05) is 12.6 Å². The molecule has 2 N–H and O–H groups in total. The molecule has 1 heterocycles. The van der Waals surface area contributed by atoms with Gasteiger partial charge in [0.15, 0.2) is 5.78 Å². The standard InChI is InChI=1S/C12H18N2O2/c1-3-9(8-13)7-10(15)12-11(16-2)5-4-6-14-12/h4-6,9H,3,7-8,13H2,1-2H3. The van der Waals surface area contributed by atoms with E-state index in [0.29, 0.717) is 24.4 Å². The second-order valence-corrected chi connectivity index (χ2v) is 3.69. The molecule has 0 saturated carbocycles. The van der Waals surface area contributed by atoms with Crippen LogP contribution in [0.1, 0.15) is 30.3 Å². The molecule has 0 radical (unpaired) electrons. The van der Waals surface area contributed by atoms with Gasteiger partial charge in [-0.2, -0.15) is 0 Å². The number of ether oxygens (including phenoxy) is 1. The first-order valence-corrected chi connectivity index (χ1v) is 5.45. The number of hydrogen-bond donors (Lipinski definition) is 1. The molecule has 0 amide bonds. The molecule has 1 unspecified atom stereocenters. The predicted molar refractivity (Wildman–Crippen MR) is 62.6 cm³/mol. The van der Waals surface area contributed by atoms with Crippen molar-refractivity contribution in [2.45, 2.75) is 19.8 Å². The number of aromatic nitrogens is 1. The van der Waals surface area contributed by atoms with Crippen LogP contribution >= 0.6 is 0 Å². The average molecular weight is 222 g/mol. The summed E-state index contributed by atoms with van der Waals surface area (Å²) >= 11 is 0. The minimum Gasteiger partial charge on any atom is -0.494 e. The molecule has 4 heteroatoms. The number of carbonyl (C=O) groups is 1. The largest absolute Gasteiger partial charge is 0.494 e. The Kier molecular flexibility index (Phi) is 4.92. The number of Topliss-reactive ketones (excluding diaryl/α,β-unsaturated/α-hetero) is 1. The minimum atomic E-state index is -0.00486. The van der Waals surface area contributed by atoms with E-state index in [9.17, 15) is 4.79 Å². The highest BCUT2D eigenvalue weighted by Gasteiger charge is 2.17. The zero-order valence-electron chi connectivity index (χ0n) is 9.77. The SMILES string of the molecule is CCC(CN)CC(=O)c1ncccc1OC. The summed E-state index contributed by atoms with van der Waals surface area (Å²) in [6.45, 7) is 2.55. The number of rotatable bonds is 6. The number of pyridine rings is 1. The second-order valence-electron chi connectivity index (χ2n) is 3.69. The van der Waals surface area contributed by atoms with Crippen LogP contribution in [0.5, 0.6) is 5.75 Å². The Balaban J connectivity index is 2.79. The molecule has 88 valence electrons. The lowest BCUT2D eigenvalue weighted by molar-refractivity contribution is 0.0953. The number of methoxy groups -OCH3 is 1. The first-order chi connectivity index (χ1) is 7.72. The Morgan fingerprint density at radius 3 is 2.94 bits per heavy atom. The van der Waals surface area contributed by atoms with Crippen LogP contribution in [0, 0.1) is 5.92 Å². The van der Waals surface area contributed by atoms with Crippen molar-refractivity contribution in [3.05, 3.63) is 24.0 Å². The fourth-order valence-corrected chi connectivity index (χ4v) is 1.52. The van der Waals surface area contributed by atoms with E-state index < -0.39 is 0 Å². The van der Waals surface area contributed by atoms with E-state index in [1.54, 1.807) is 18.3 Å². The molecule has 1 aromatic rings. The molecule has 0 aliphatic rings. The van der Waals surface area contributed by atoms with Crippen molar-refractivity contribution >= 4 is 5.78 Å². The van der Waals surface area contributed by atoms with Gasteiger partial charge in [0.25, 0.3) is 0 Å². The summed E-state index contributed by atoms with van der Waals surface area (Å²) in [5, 5.41) is 0. The molecule has 1 aromatic heterocycles. The van der Waals surface area contributed by atoms with Crippen molar-refractivity contribution in [2.75, 3.05) is 13.7 Å². The summed E-state index contributed by atoms with van der Waals surface area (Å²) in [7, 11) is 1.54. The topological polar surface area (TPSA) is 65.2 Å². The zero-order valence-corrected chi connectivity index (χ0v) is 9.77. The number of carbonyl (C=O) groups excluding carboxylic acids is 1. The lowest BCUT2D eigenvalue weighted by Gasteiger charge is -2.11. The van der Waals surface area contributed by atoms with Crippen LogP contribution in [0.4, 0.5) is 0 Å². The number of hydrogen-bond acceptors (Lipinski definition) is 4. The van der Waals surface area contributed by atoms with Gasteiger partial charge in [0.05, 0.1) is 7.11 Å². The highest BCUT2D eigenvalue weighted by atomic mass is 16.5. The maximum absolute atomic E-state index is 12.0. The maximum Gasteiger partial charge on any atom is 0.185 e. The molecule has 0 bridgehead atoms. The van der Waals surface area contributed by atoms with E-state index in [1.165, 1.54) is 7.11 Å². The van der Waals surface area contributed by atoms with Crippen molar-refractivity contribution < 1.29 is 9.53 Å². The normalized spacial score (nSPS) is 12.2. The minimum absolute atomic E-state index is 0.00486.